The molecule has 2 rings (SSSR count). The van der Waals surface area contributed by atoms with Crippen LogP contribution in [-0.2, 0) is 9.53 Å². The molecule has 0 fully saturated rings. The highest BCUT2D eigenvalue weighted by molar-refractivity contribution is 7.12. The van der Waals surface area contributed by atoms with Crippen LogP contribution in [0.2, 0.25) is 0 Å². The molecule has 0 aliphatic heterocycles. The van der Waals surface area contributed by atoms with E-state index in [0.29, 0.717) is 17.1 Å². The van der Waals surface area contributed by atoms with E-state index in [1.165, 1.54) is 24.3 Å². The van der Waals surface area contributed by atoms with Crippen molar-refractivity contribution in [2.24, 2.45) is 0 Å². The van der Waals surface area contributed by atoms with Crippen molar-refractivity contribution in [1.29, 1.82) is 0 Å². The van der Waals surface area contributed by atoms with Gasteiger partial charge in [0.2, 0.25) is 0 Å². The van der Waals surface area contributed by atoms with E-state index in [0.717, 1.165) is 6.42 Å². The van der Waals surface area contributed by atoms with Crippen molar-refractivity contribution in [3.63, 3.8) is 0 Å². The monoisotopic (exact) mass is 360 g/mol. The normalized spacial score (nSPS) is 11.4. The summed E-state index contributed by atoms with van der Waals surface area (Å²) in [6.45, 7) is 3.99. The number of hydrogen-bond donors (Lipinski definition) is 2. The van der Waals surface area contributed by atoms with E-state index in [1.807, 2.05) is 12.3 Å². The number of rotatable bonds is 7. The molecule has 0 bridgehead atoms. The Labute approximate surface area is 150 Å². The molecule has 0 aliphatic rings. The molecule has 2 aromatic rings. The maximum atomic E-state index is 12.2. The largest absolute Gasteiger partial charge is 0.449 e. The van der Waals surface area contributed by atoms with Crippen LogP contribution < -0.4 is 10.6 Å². The van der Waals surface area contributed by atoms with Gasteiger partial charge in [-0.15, -0.1) is 11.3 Å². The number of esters is 1. The zero-order valence-electron chi connectivity index (χ0n) is 14.1. The highest BCUT2D eigenvalue weighted by atomic mass is 32.1. The Kier molecular flexibility index (Phi) is 6.71. The molecule has 0 aliphatic carbocycles. The molecule has 0 saturated carbocycles. The van der Waals surface area contributed by atoms with E-state index in [1.54, 1.807) is 30.3 Å². The Bertz CT molecular complexity index is 743. The number of amides is 2. The van der Waals surface area contributed by atoms with Crippen molar-refractivity contribution < 1.29 is 19.1 Å². The average molecular weight is 360 g/mol. The third-order valence-electron chi connectivity index (χ3n) is 3.30. The number of carbonyl (C=O) groups excluding carboxylic acids is 3. The summed E-state index contributed by atoms with van der Waals surface area (Å²) in [4.78, 5) is 36.6. The molecular formula is C18H20N2O4S. The first kappa shape index (κ1) is 18.7. The van der Waals surface area contributed by atoms with Gasteiger partial charge in [-0.1, -0.05) is 19.1 Å². The predicted octanol–water partition coefficient (Wildman–Crippen LogP) is 3.07. The summed E-state index contributed by atoms with van der Waals surface area (Å²) in [6, 6.07) is 9.92. The van der Waals surface area contributed by atoms with Crippen molar-refractivity contribution in [1.82, 2.24) is 5.32 Å². The second-order valence-corrected chi connectivity index (χ2v) is 6.30. The second-order valence-electron chi connectivity index (χ2n) is 5.35. The molecule has 7 heteroatoms. The molecule has 132 valence electrons. The first-order chi connectivity index (χ1) is 12.0. The second kappa shape index (κ2) is 8.98. The fraction of sp³-hybridized carbons (Fsp3) is 0.278. The van der Waals surface area contributed by atoms with Gasteiger partial charge in [0.25, 0.3) is 11.8 Å². The lowest BCUT2D eigenvalue weighted by Crippen LogP contribution is -2.36. The van der Waals surface area contributed by atoms with Gasteiger partial charge in [0.05, 0.1) is 10.4 Å². The summed E-state index contributed by atoms with van der Waals surface area (Å²) in [6.07, 6.45) is -0.0818. The van der Waals surface area contributed by atoms with Gasteiger partial charge in [-0.05, 0) is 43.0 Å². The maximum Gasteiger partial charge on any atom is 0.338 e. The lowest BCUT2D eigenvalue weighted by Gasteiger charge is -2.13. The number of thiophene rings is 1. The van der Waals surface area contributed by atoms with Crippen LogP contribution in [0.25, 0.3) is 0 Å². The van der Waals surface area contributed by atoms with E-state index in [-0.39, 0.29) is 17.4 Å². The highest BCUT2D eigenvalue weighted by Crippen LogP contribution is 2.16. The van der Waals surface area contributed by atoms with Gasteiger partial charge in [-0.2, -0.15) is 0 Å². The minimum Gasteiger partial charge on any atom is -0.449 e. The molecule has 1 aromatic carbocycles. The molecule has 0 radical (unpaired) electrons. The highest BCUT2D eigenvalue weighted by Gasteiger charge is 2.18. The van der Waals surface area contributed by atoms with Crippen LogP contribution in [0.15, 0.2) is 41.8 Å². The number of ether oxygens (including phenoxy) is 1. The minimum absolute atomic E-state index is 0.243. The Hall–Kier alpha value is -2.67. The van der Waals surface area contributed by atoms with Crippen molar-refractivity contribution in [2.75, 3.05) is 11.9 Å². The molecule has 25 heavy (non-hydrogen) atoms. The molecular weight excluding hydrogens is 340 g/mol. The number of carbonyl (C=O) groups is 3. The number of hydrogen-bond acceptors (Lipinski definition) is 5. The predicted molar refractivity (Wildman–Crippen MR) is 96.9 cm³/mol. The van der Waals surface area contributed by atoms with Crippen LogP contribution in [0.3, 0.4) is 0 Å². The van der Waals surface area contributed by atoms with Crippen molar-refractivity contribution in [3.05, 3.63) is 52.2 Å². The number of benzene rings is 1. The number of nitrogens with one attached hydrogen (secondary N) is 2. The van der Waals surface area contributed by atoms with Crippen LogP contribution in [0, 0.1) is 0 Å². The van der Waals surface area contributed by atoms with Gasteiger partial charge in [0, 0.05) is 12.2 Å². The zero-order chi connectivity index (χ0) is 18.2. The zero-order valence-corrected chi connectivity index (χ0v) is 14.9. The quantitative estimate of drug-likeness (QED) is 0.743. The first-order valence-electron chi connectivity index (χ1n) is 7.95. The third-order valence-corrected chi connectivity index (χ3v) is 4.17. The molecule has 0 saturated heterocycles. The SMILES string of the molecule is CCCNC(=O)C(C)OC(=O)c1cccc(NC(=O)c2cccs2)c1. The van der Waals surface area contributed by atoms with Gasteiger partial charge in [0.1, 0.15) is 0 Å². The molecule has 6 nitrogen and oxygen atoms in total. The standard InChI is InChI=1S/C18H20N2O4S/c1-3-9-19-16(21)12(2)24-18(23)13-6-4-7-14(11-13)20-17(22)15-8-5-10-25-15/h4-8,10-12H,3,9H2,1-2H3,(H,19,21)(H,20,22). The maximum absolute atomic E-state index is 12.2. The van der Waals surface area contributed by atoms with Gasteiger partial charge in [-0.25, -0.2) is 4.79 Å². The molecule has 1 atom stereocenters. The Morgan fingerprint density at radius 3 is 2.68 bits per heavy atom. The minimum atomic E-state index is -0.886. The fourth-order valence-electron chi connectivity index (χ4n) is 2.00. The van der Waals surface area contributed by atoms with Crippen LogP contribution in [0.5, 0.6) is 0 Å². The van der Waals surface area contributed by atoms with E-state index >= 15 is 0 Å². The third kappa shape index (κ3) is 5.42. The summed E-state index contributed by atoms with van der Waals surface area (Å²) in [5.74, 6) is -1.20. The van der Waals surface area contributed by atoms with Crippen molar-refractivity contribution in [2.45, 2.75) is 26.4 Å². The lowest BCUT2D eigenvalue weighted by molar-refractivity contribution is -0.129. The molecule has 1 heterocycles. The smallest absolute Gasteiger partial charge is 0.338 e. The van der Waals surface area contributed by atoms with E-state index in [9.17, 15) is 14.4 Å². The molecule has 1 unspecified atom stereocenters. The Morgan fingerprint density at radius 1 is 1.20 bits per heavy atom. The summed E-state index contributed by atoms with van der Waals surface area (Å²) in [5, 5.41) is 7.21. The van der Waals surface area contributed by atoms with Gasteiger partial charge in [-0.3, -0.25) is 9.59 Å². The molecule has 0 spiro atoms. The van der Waals surface area contributed by atoms with Crippen molar-refractivity contribution >= 4 is 34.8 Å². The summed E-state index contributed by atoms with van der Waals surface area (Å²) < 4.78 is 5.17. The van der Waals surface area contributed by atoms with Crippen LogP contribution in [0.1, 0.15) is 40.3 Å². The topological polar surface area (TPSA) is 84.5 Å². The van der Waals surface area contributed by atoms with Crippen LogP contribution in [0.4, 0.5) is 5.69 Å². The van der Waals surface area contributed by atoms with Crippen LogP contribution in [-0.4, -0.2) is 30.4 Å². The fourth-order valence-corrected chi connectivity index (χ4v) is 2.62. The first-order valence-corrected chi connectivity index (χ1v) is 8.83. The van der Waals surface area contributed by atoms with Gasteiger partial charge >= 0.3 is 5.97 Å². The molecule has 2 N–H and O–H groups in total. The molecule has 2 amide bonds. The lowest BCUT2D eigenvalue weighted by atomic mass is 10.2. The molecule has 1 aromatic heterocycles. The Balaban J connectivity index is 1.99. The van der Waals surface area contributed by atoms with E-state index in [4.69, 9.17) is 4.74 Å². The van der Waals surface area contributed by atoms with Gasteiger partial charge in [0.15, 0.2) is 6.10 Å². The summed E-state index contributed by atoms with van der Waals surface area (Å²) >= 11 is 1.33. The average Bonchev–Trinajstić information content (AvgIpc) is 3.14. The summed E-state index contributed by atoms with van der Waals surface area (Å²) in [5.41, 5.74) is 0.745. The van der Waals surface area contributed by atoms with Crippen LogP contribution >= 0.6 is 11.3 Å². The number of anilines is 1. The van der Waals surface area contributed by atoms with E-state index in [2.05, 4.69) is 10.6 Å². The van der Waals surface area contributed by atoms with Gasteiger partial charge < -0.3 is 15.4 Å². The Morgan fingerprint density at radius 2 is 2.00 bits per heavy atom. The van der Waals surface area contributed by atoms with E-state index < -0.39 is 12.1 Å². The summed E-state index contributed by atoms with van der Waals surface area (Å²) in [7, 11) is 0. The van der Waals surface area contributed by atoms with Crippen molar-refractivity contribution in [3.8, 4) is 0 Å².